The van der Waals surface area contributed by atoms with Gasteiger partial charge in [0.15, 0.2) is 0 Å². The van der Waals surface area contributed by atoms with E-state index in [9.17, 15) is 5.11 Å². The van der Waals surface area contributed by atoms with Gasteiger partial charge in [-0.25, -0.2) is 0 Å². The Morgan fingerprint density at radius 2 is 1.64 bits per heavy atom. The minimum Gasteiger partial charge on any atom is -0.389 e. The van der Waals surface area contributed by atoms with Gasteiger partial charge in [0.05, 0.1) is 18.8 Å². The molecule has 0 aliphatic heterocycles. The van der Waals surface area contributed by atoms with Gasteiger partial charge in [-0.05, 0) is 58.3 Å². The SMILES string of the molecule is CC(C)[C@H]1CC[C@@H](C)C[C@H]1OC[C@@H](O)CN(C(C)C)C(C)C. The van der Waals surface area contributed by atoms with Gasteiger partial charge >= 0.3 is 0 Å². The number of aliphatic hydroxyl groups excluding tert-OH is 1. The van der Waals surface area contributed by atoms with E-state index < -0.39 is 6.10 Å². The van der Waals surface area contributed by atoms with Gasteiger partial charge in [0.25, 0.3) is 0 Å². The number of hydrogen-bond acceptors (Lipinski definition) is 3. The molecule has 1 aliphatic carbocycles. The summed E-state index contributed by atoms with van der Waals surface area (Å²) in [6.45, 7) is 16.8. The van der Waals surface area contributed by atoms with Crippen molar-refractivity contribution >= 4 is 0 Å². The summed E-state index contributed by atoms with van der Waals surface area (Å²) in [7, 11) is 0. The first-order valence-corrected chi connectivity index (χ1v) is 9.27. The molecule has 0 amide bonds. The van der Waals surface area contributed by atoms with Gasteiger partial charge in [-0.15, -0.1) is 0 Å². The summed E-state index contributed by atoms with van der Waals surface area (Å²) in [6.07, 6.45) is 3.66. The van der Waals surface area contributed by atoms with E-state index in [2.05, 4.69) is 53.4 Å². The van der Waals surface area contributed by atoms with Crippen LogP contribution in [0.2, 0.25) is 0 Å². The topological polar surface area (TPSA) is 32.7 Å². The third-order valence-corrected chi connectivity index (χ3v) is 5.21. The molecule has 0 bridgehead atoms. The molecule has 1 N–H and O–H groups in total. The predicted molar refractivity (Wildman–Crippen MR) is 94.1 cm³/mol. The molecule has 1 fully saturated rings. The molecule has 3 heteroatoms. The first kappa shape index (κ1) is 19.9. The zero-order valence-electron chi connectivity index (χ0n) is 15.9. The molecular formula is C19H39NO2. The first-order valence-electron chi connectivity index (χ1n) is 9.27. The van der Waals surface area contributed by atoms with Crippen molar-refractivity contribution in [3.8, 4) is 0 Å². The predicted octanol–water partition coefficient (Wildman–Crippen LogP) is 3.94. The second-order valence-corrected chi connectivity index (χ2v) is 8.24. The highest BCUT2D eigenvalue weighted by Crippen LogP contribution is 2.35. The molecule has 1 saturated carbocycles. The van der Waals surface area contributed by atoms with Crippen molar-refractivity contribution in [1.29, 1.82) is 0 Å². The Morgan fingerprint density at radius 3 is 2.14 bits per heavy atom. The fourth-order valence-electron chi connectivity index (χ4n) is 3.86. The molecule has 0 aromatic heterocycles. The lowest BCUT2D eigenvalue weighted by Gasteiger charge is -2.38. The van der Waals surface area contributed by atoms with E-state index in [1.165, 1.54) is 12.8 Å². The minimum atomic E-state index is -0.394. The fourth-order valence-corrected chi connectivity index (χ4v) is 3.86. The Bertz CT molecular complexity index is 296. The van der Waals surface area contributed by atoms with Crippen LogP contribution in [-0.4, -0.2) is 47.4 Å². The van der Waals surface area contributed by atoms with Crippen LogP contribution in [0.1, 0.15) is 67.7 Å². The average molecular weight is 314 g/mol. The van der Waals surface area contributed by atoms with E-state index in [0.717, 1.165) is 12.3 Å². The van der Waals surface area contributed by atoms with Gasteiger partial charge in [0.1, 0.15) is 0 Å². The molecule has 0 spiro atoms. The Balaban J connectivity index is 2.48. The molecule has 0 aromatic carbocycles. The van der Waals surface area contributed by atoms with Crippen LogP contribution in [0.3, 0.4) is 0 Å². The lowest BCUT2D eigenvalue weighted by atomic mass is 9.75. The van der Waals surface area contributed by atoms with Crippen molar-refractivity contribution in [2.45, 2.75) is 92.0 Å². The average Bonchev–Trinajstić information content (AvgIpc) is 2.41. The van der Waals surface area contributed by atoms with E-state index >= 15 is 0 Å². The minimum absolute atomic E-state index is 0.324. The first-order chi connectivity index (χ1) is 10.2. The summed E-state index contributed by atoms with van der Waals surface area (Å²) < 4.78 is 6.17. The Kier molecular flexibility index (Phi) is 8.37. The van der Waals surface area contributed by atoms with Gasteiger partial charge in [-0.2, -0.15) is 0 Å². The lowest BCUT2D eigenvalue weighted by Crippen LogP contribution is -2.44. The van der Waals surface area contributed by atoms with Crippen molar-refractivity contribution < 1.29 is 9.84 Å². The van der Waals surface area contributed by atoms with Crippen LogP contribution >= 0.6 is 0 Å². The highest BCUT2D eigenvalue weighted by Gasteiger charge is 2.32. The Hall–Kier alpha value is -0.120. The standard InChI is InChI=1S/C19H39NO2/c1-13(2)18-9-8-16(7)10-19(18)22-12-17(21)11-20(14(3)4)15(5)6/h13-19,21H,8-12H2,1-7H3/t16-,17+,18-,19-/m1/s1. The second kappa shape index (κ2) is 9.24. The van der Waals surface area contributed by atoms with Gasteiger partial charge in [-0.3, -0.25) is 4.90 Å². The highest BCUT2D eigenvalue weighted by atomic mass is 16.5. The quantitative estimate of drug-likeness (QED) is 0.736. The second-order valence-electron chi connectivity index (χ2n) is 8.24. The summed E-state index contributed by atoms with van der Waals surface area (Å²) >= 11 is 0. The maximum atomic E-state index is 10.4. The van der Waals surface area contributed by atoms with Gasteiger partial charge in [0, 0.05) is 18.6 Å². The number of aliphatic hydroxyl groups is 1. The monoisotopic (exact) mass is 313 g/mol. The maximum Gasteiger partial charge on any atom is 0.0900 e. The summed E-state index contributed by atoms with van der Waals surface area (Å²) in [5, 5.41) is 10.4. The lowest BCUT2D eigenvalue weighted by molar-refractivity contribution is -0.0767. The molecule has 22 heavy (non-hydrogen) atoms. The summed E-state index contributed by atoms with van der Waals surface area (Å²) in [6, 6.07) is 0.903. The molecule has 1 aliphatic rings. The molecule has 3 nitrogen and oxygen atoms in total. The van der Waals surface area contributed by atoms with Gasteiger partial charge in [-0.1, -0.05) is 27.2 Å². The van der Waals surface area contributed by atoms with Crippen molar-refractivity contribution in [3.05, 3.63) is 0 Å². The summed E-state index contributed by atoms with van der Waals surface area (Å²) in [5.41, 5.74) is 0. The molecule has 132 valence electrons. The van der Waals surface area contributed by atoms with Crippen LogP contribution in [0.5, 0.6) is 0 Å². The van der Waals surface area contributed by atoms with Gasteiger partial charge in [0.2, 0.25) is 0 Å². The van der Waals surface area contributed by atoms with Crippen LogP contribution in [0, 0.1) is 17.8 Å². The molecular weight excluding hydrogens is 274 g/mol. The summed E-state index contributed by atoms with van der Waals surface area (Å²) in [5.74, 6) is 2.06. The number of rotatable bonds is 8. The molecule has 0 unspecified atom stereocenters. The van der Waals surface area contributed by atoms with E-state index in [4.69, 9.17) is 4.74 Å². The smallest absolute Gasteiger partial charge is 0.0900 e. The highest BCUT2D eigenvalue weighted by molar-refractivity contribution is 4.82. The largest absolute Gasteiger partial charge is 0.389 e. The zero-order valence-corrected chi connectivity index (χ0v) is 15.9. The molecule has 0 aromatic rings. The molecule has 0 radical (unpaired) electrons. The number of nitrogens with zero attached hydrogens (tertiary/aromatic N) is 1. The van der Waals surface area contributed by atoms with Crippen molar-refractivity contribution in [1.82, 2.24) is 4.90 Å². The fraction of sp³-hybridized carbons (Fsp3) is 1.00. The molecule has 0 heterocycles. The van der Waals surface area contributed by atoms with Crippen LogP contribution < -0.4 is 0 Å². The van der Waals surface area contributed by atoms with Crippen LogP contribution in [0.15, 0.2) is 0 Å². The normalized spacial score (nSPS) is 28.1. The molecule has 4 atom stereocenters. The van der Waals surface area contributed by atoms with E-state index in [1.807, 2.05) is 0 Å². The molecule has 0 saturated heterocycles. The van der Waals surface area contributed by atoms with E-state index in [0.29, 0.717) is 43.2 Å². The zero-order chi connectivity index (χ0) is 16.9. The van der Waals surface area contributed by atoms with Crippen molar-refractivity contribution in [2.24, 2.45) is 17.8 Å². The number of hydrogen-bond donors (Lipinski definition) is 1. The number of ether oxygens (including phenoxy) is 1. The van der Waals surface area contributed by atoms with Gasteiger partial charge < -0.3 is 9.84 Å². The van der Waals surface area contributed by atoms with E-state index in [-0.39, 0.29) is 0 Å². The van der Waals surface area contributed by atoms with Crippen LogP contribution in [0.4, 0.5) is 0 Å². The summed E-state index contributed by atoms with van der Waals surface area (Å²) in [4.78, 5) is 2.33. The maximum absolute atomic E-state index is 10.4. The third kappa shape index (κ3) is 6.17. The van der Waals surface area contributed by atoms with Crippen LogP contribution in [-0.2, 0) is 4.74 Å². The Morgan fingerprint density at radius 1 is 1.05 bits per heavy atom. The van der Waals surface area contributed by atoms with E-state index in [1.54, 1.807) is 0 Å². The Labute approximate surface area is 138 Å². The third-order valence-electron chi connectivity index (χ3n) is 5.21. The molecule has 1 rings (SSSR count). The van der Waals surface area contributed by atoms with Crippen molar-refractivity contribution in [3.63, 3.8) is 0 Å². The van der Waals surface area contributed by atoms with Crippen LogP contribution in [0.25, 0.3) is 0 Å². The van der Waals surface area contributed by atoms with Crippen molar-refractivity contribution in [2.75, 3.05) is 13.2 Å².